The average molecular weight is 389 g/mol. The summed E-state index contributed by atoms with van der Waals surface area (Å²) in [7, 11) is 0. The first-order valence-electron chi connectivity index (χ1n) is 8.03. The minimum absolute atomic E-state index is 0.276. The lowest BCUT2D eigenvalue weighted by atomic mass is 10.2. The van der Waals surface area contributed by atoms with E-state index in [9.17, 15) is 9.59 Å². The van der Waals surface area contributed by atoms with E-state index in [1.165, 1.54) is 6.20 Å². The van der Waals surface area contributed by atoms with E-state index in [2.05, 4.69) is 20.3 Å². The average Bonchev–Trinajstić information content (AvgIpc) is 2.55. The van der Waals surface area contributed by atoms with Crippen LogP contribution in [0.1, 0.15) is 20.8 Å². The number of fused-ring (bicyclic) bond motifs is 1. The molecule has 27 heavy (non-hydrogen) atoms. The molecule has 2 aromatic heterocycles. The van der Waals surface area contributed by atoms with Gasteiger partial charge in [0.15, 0.2) is 11.4 Å². The highest BCUT2D eigenvalue weighted by Crippen LogP contribution is 2.31. The first-order chi connectivity index (χ1) is 12.7. The van der Waals surface area contributed by atoms with Gasteiger partial charge >= 0.3 is 6.09 Å². The molecule has 0 spiro atoms. The molecule has 3 aromatic rings. The highest BCUT2D eigenvalue weighted by Gasteiger charge is 2.17. The van der Waals surface area contributed by atoms with Gasteiger partial charge in [-0.25, -0.2) is 14.8 Å². The normalized spacial score (nSPS) is 11.3. The Bertz CT molecular complexity index is 1060. The molecule has 0 radical (unpaired) electrons. The van der Waals surface area contributed by atoms with E-state index in [0.717, 1.165) is 6.20 Å². The molecule has 0 saturated heterocycles. The number of nitrogens with one attached hydrogen (secondary N) is 2. The maximum atomic E-state index is 11.9. The molecule has 9 heteroatoms. The Morgan fingerprint density at radius 2 is 2.00 bits per heavy atom. The number of H-pyrrole nitrogens is 1. The molecule has 0 aliphatic heterocycles. The van der Waals surface area contributed by atoms with Crippen molar-refractivity contribution in [2.75, 3.05) is 5.32 Å². The molecule has 8 nitrogen and oxygen atoms in total. The molecule has 0 aliphatic rings. The van der Waals surface area contributed by atoms with E-state index in [-0.39, 0.29) is 10.6 Å². The second-order valence-corrected chi connectivity index (χ2v) is 7.03. The number of hydrogen-bond acceptors (Lipinski definition) is 6. The molecule has 0 atom stereocenters. The number of carbonyl (C=O) groups excluding carboxylic acids is 1. The van der Waals surface area contributed by atoms with Crippen molar-refractivity contribution in [2.24, 2.45) is 0 Å². The zero-order chi connectivity index (χ0) is 19.6. The van der Waals surface area contributed by atoms with Gasteiger partial charge in [-0.15, -0.1) is 0 Å². The maximum absolute atomic E-state index is 11.9. The number of pyridine rings is 1. The highest BCUT2D eigenvalue weighted by molar-refractivity contribution is 6.33. The highest BCUT2D eigenvalue weighted by atomic mass is 35.5. The third kappa shape index (κ3) is 4.73. The minimum atomic E-state index is -0.615. The number of rotatable bonds is 3. The number of hydrogen-bond donors (Lipinski definition) is 2. The molecule has 140 valence electrons. The SMILES string of the molecule is CC(C)(C)OC(=O)Nc1ccc(Oc2ccnc3[nH]c(=O)cnc23)cc1Cl. The van der Waals surface area contributed by atoms with Gasteiger partial charge in [0.05, 0.1) is 16.9 Å². The zero-order valence-electron chi connectivity index (χ0n) is 14.9. The molecule has 0 unspecified atom stereocenters. The Labute approximate surface area is 159 Å². The van der Waals surface area contributed by atoms with Crippen LogP contribution in [0, 0.1) is 0 Å². The van der Waals surface area contributed by atoms with Crippen molar-refractivity contribution in [1.82, 2.24) is 15.0 Å². The Kier molecular flexibility index (Phi) is 5.00. The first kappa shape index (κ1) is 18.7. The zero-order valence-corrected chi connectivity index (χ0v) is 15.6. The fourth-order valence-corrected chi connectivity index (χ4v) is 2.43. The standard InChI is InChI=1S/C18H17ClN4O4/c1-18(2,3)27-17(25)22-12-5-4-10(8-11(12)19)26-13-6-7-20-16-15(13)21-9-14(24)23-16/h4-9H,1-3H3,(H,22,25)(H,20,23,24). The maximum Gasteiger partial charge on any atom is 0.412 e. The van der Waals surface area contributed by atoms with Crippen molar-refractivity contribution in [3.8, 4) is 11.5 Å². The Morgan fingerprint density at radius 3 is 2.70 bits per heavy atom. The molecule has 3 rings (SSSR count). The van der Waals surface area contributed by atoms with Crippen molar-refractivity contribution in [2.45, 2.75) is 26.4 Å². The van der Waals surface area contributed by atoms with Gasteiger partial charge in [0.25, 0.3) is 5.56 Å². The number of anilines is 1. The fraction of sp³-hybridized carbons (Fsp3) is 0.222. The summed E-state index contributed by atoms with van der Waals surface area (Å²) < 4.78 is 11.0. The quantitative estimate of drug-likeness (QED) is 0.699. The molecule has 0 aliphatic carbocycles. The van der Waals surface area contributed by atoms with Crippen molar-refractivity contribution >= 4 is 34.5 Å². The number of aromatic nitrogens is 3. The molecule has 2 N–H and O–H groups in total. The van der Waals surface area contributed by atoms with Gasteiger partial charge in [0.1, 0.15) is 16.9 Å². The van der Waals surface area contributed by atoms with Crippen LogP contribution in [0.2, 0.25) is 5.02 Å². The minimum Gasteiger partial charge on any atom is -0.455 e. The number of aromatic amines is 1. The van der Waals surface area contributed by atoms with Gasteiger partial charge in [-0.05, 0) is 32.9 Å². The summed E-state index contributed by atoms with van der Waals surface area (Å²) in [4.78, 5) is 33.9. The van der Waals surface area contributed by atoms with Crippen LogP contribution in [0.25, 0.3) is 11.2 Å². The lowest BCUT2D eigenvalue weighted by Crippen LogP contribution is -2.27. The van der Waals surface area contributed by atoms with Gasteiger partial charge in [-0.3, -0.25) is 10.1 Å². The number of ether oxygens (including phenoxy) is 2. The van der Waals surface area contributed by atoms with Crippen LogP contribution >= 0.6 is 11.6 Å². The van der Waals surface area contributed by atoms with Gasteiger partial charge in [0.2, 0.25) is 0 Å². The number of benzene rings is 1. The van der Waals surface area contributed by atoms with Crippen LogP contribution in [0.4, 0.5) is 10.5 Å². The smallest absolute Gasteiger partial charge is 0.412 e. The lowest BCUT2D eigenvalue weighted by Gasteiger charge is -2.20. The van der Waals surface area contributed by atoms with Crippen LogP contribution in [-0.4, -0.2) is 26.6 Å². The first-order valence-corrected chi connectivity index (χ1v) is 8.40. The van der Waals surface area contributed by atoms with Crippen molar-refractivity contribution in [3.05, 3.63) is 52.0 Å². The summed E-state index contributed by atoms with van der Waals surface area (Å²) in [5, 5.41) is 2.86. The lowest BCUT2D eigenvalue weighted by molar-refractivity contribution is 0.0636. The largest absolute Gasteiger partial charge is 0.455 e. The fourth-order valence-electron chi connectivity index (χ4n) is 2.21. The van der Waals surface area contributed by atoms with E-state index >= 15 is 0 Å². The van der Waals surface area contributed by atoms with E-state index in [0.29, 0.717) is 28.4 Å². The molecule has 2 heterocycles. The van der Waals surface area contributed by atoms with Crippen LogP contribution in [0.15, 0.2) is 41.5 Å². The molecule has 0 fully saturated rings. The third-order valence-electron chi connectivity index (χ3n) is 3.24. The summed E-state index contributed by atoms with van der Waals surface area (Å²) in [6.07, 6.45) is 2.04. The number of halogens is 1. The second kappa shape index (κ2) is 7.24. The number of carbonyl (C=O) groups is 1. The number of amides is 1. The van der Waals surface area contributed by atoms with E-state index in [4.69, 9.17) is 21.1 Å². The molecule has 0 bridgehead atoms. The van der Waals surface area contributed by atoms with E-state index in [1.807, 2.05) is 0 Å². The van der Waals surface area contributed by atoms with Crippen LogP contribution < -0.4 is 15.6 Å². The van der Waals surface area contributed by atoms with Crippen LogP contribution in [-0.2, 0) is 4.74 Å². The van der Waals surface area contributed by atoms with Gasteiger partial charge in [0, 0.05) is 18.3 Å². The summed E-state index contributed by atoms with van der Waals surface area (Å²) >= 11 is 6.22. The number of nitrogens with zero attached hydrogens (tertiary/aromatic N) is 2. The van der Waals surface area contributed by atoms with Crippen LogP contribution in [0.5, 0.6) is 11.5 Å². The van der Waals surface area contributed by atoms with E-state index in [1.54, 1.807) is 45.0 Å². The summed E-state index contributed by atoms with van der Waals surface area (Å²) in [5.74, 6) is 0.829. The molecule has 1 amide bonds. The summed E-state index contributed by atoms with van der Waals surface area (Å²) in [6, 6.07) is 6.40. The topological polar surface area (TPSA) is 106 Å². The predicted molar refractivity (Wildman–Crippen MR) is 102 cm³/mol. The van der Waals surface area contributed by atoms with Crippen molar-refractivity contribution in [3.63, 3.8) is 0 Å². The molecular weight excluding hydrogens is 372 g/mol. The Hall–Kier alpha value is -3.13. The Balaban J connectivity index is 1.81. The van der Waals surface area contributed by atoms with Gasteiger partial charge in [-0.2, -0.15) is 0 Å². The molecular formula is C18H17ClN4O4. The summed E-state index contributed by atoms with van der Waals surface area (Å²) in [5.41, 5.74) is 0.141. The predicted octanol–water partition coefficient (Wildman–Crippen LogP) is 4.11. The van der Waals surface area contributed by atoms with Crippen molar-refractivity contribution in [1.29, 1.82) is 0 Å². The molecule has 0 saturated carbocycles. The van der Waals surface area contributed by atoms with E-state index < -0.39 is 11.7 Å². The summed E-state index contributed by atoms with van der Waals surface area (Å²) in [6.45, 7) is 5.31. The monoisotopic (exact) mass is 388 g/mol. The Morgan fingerprint density at radius 1 is 1.22 bits per heavy atom. The molecule has 1 aromatic carbocycles. The third-order valence-corrected chi connectivity index (χ3v) is 3.56. The van der Waals surface area contributed by atoms with Gasteiger partial charge < -0.3 is 14.5 Å². The second-order valence-electron chi connectivity index (χ2n) is 6.62. The van der Waals surface area contributed by atoms with Crippen molar-refractivity contribution < 1.29 is 14.3 Å². The van der Waals surface area contributed by atoms with Gasteiger partial charge in [-0.1, -0.05) is 11.6 Å². The van der Waals surface area contributed by atoms with Crippen LogP contribution in [0.3, 0.4) is 0 Å².